The third-order valence-electron chi connectivity index (χ3n) is 6.69. The molecule has 0 saturated carbocycles. The number of hydroxylamine groups is 1. The van der Waals surface area contributed by atoms with Gasteiger partial charge in [-0.05, 0) is 61.7 Å². The molecule has 0 aromatic heterocycles. The van der Waals surface area contributed by atoms with Gasteiger partial charge in [0.1, 0.15) is 0 Å². The lowest BCUT2D eigenvalue weighted by molar-refractivity contribution is -0.204. The Morgan fingerprint density at radius 2 is 1.69 bits per heavy atom. The van der Waals surface area contributed by atoms with Crippen LogP contribution in [0.3, 0.4) is 0 Å². The summed E-state index contributed by atoms with van der Waals surface area (Å²) in [4.78, 5) is 45.5. The van der Waals surface area contributed by atoms with E-state index in [9.17, 15) is 19.5 Å². The van der Waals surface area contributed by atoms with E-state index in [1.807, 2.05) is 0 Å². The van der Waals surface area contributed by atoms with Crippen LogP contribution in [0.4, 0.5) is 0 Å². The fourth-order valence-electron chi connectivity index (χ4n) is 3.99. The van der Waals surface area contributed by atoms with Gasteiger partial charge >= 0.3 is 0 Å². The van der Waals surface area contributed by atoms with Crippen LogP contribution in [0, 0.1) is 11.8 Å². The molecule has 10 nitrogen and oxygen atoms in total. The standard InChI is InChI=1S/C29H35N3O7/c1-29(27(36)30-2,28(37)31-39-25-6-4-5-19-38-25)32(3)26(35)23-15-11-21(12-16-23)8-7-20-9-13-22(14-10-20)24(34)17-18-33/h9-16,24-25,33-34H,4-6,17-19H2,1-3H3,(H,30,36)(H,31,37)/t24-,25?,29+/m1/s1. The number of benzene rings is 2. The number of likely N-dealkylation sites (N-methyl/N-ethyl adjacent to an activating group) is 2. The van der Waals surface area contributed by atoms with Crippen LogP contribution in [0.25, 0.3) is 0 Å². The molecule has 4 N–H and O–H groups in total. The fourth-order valence-corrected chi connectivity index (χ4v) is 3.99. The topological polar surface area (TPSA) is 137 Å². The normalized spacial score (nSPS) is 17.1. The Labute approximate surface area is 228 Å². The first-order valence-corrected chi connectivity index (χ1v) is 12.8. The Balaban J connectivity index is 1.69. The molecule has 0 bridgehead atoms. The number of rotatable bonds is 9. The molecule has 2 aromatic carbocycles. The molecule has 3 atom stereocenters. The molecule has 1 heterocycles. The number of aliphatic hydroxyl groups excluding tert-OH is 2. The van der Waals surface area contributed by atoms with E-state index < -0.39 is 35.7 Å². The fraction of sp³-hybridized carbons (Fsp3) is 0.414. The van der Waals surface area contributed by atoms with Crippen molar-refractivity contribution in [3.63, 3.8) is 0 Å². The zero-order valence-corrected chi connectivity index (χ0v) is 22.4. The van der Waals surface area contributed by atoms with Crippen LogP contribution >= 0.6 is 0 Å². The Hall–Kier alpha value is -3.75. The van der Waals surface area contributed by atoms with Gasteiger partial charge in [-0.25, -0.2) is 10.3 Å². The minimum Gasteiger partial charge on any atom is -0.396 e. The Morgan fingerprint density at radius 3 is 2.23 bits per heavy atom. The van der Waals surface area contributed by atoms with E-state index in [0.717, 1.165) is 23.3 Å². The molecule has 0 spiro atoms. The highest BCUT2D eigenvalue weighted by molar-refractivity contribution is 6.12. The Kier molecular flexibility index (Phi) is 10.6. The van der Waals surface area contributed by atoms with Crippen molar-refractivity contribution in [3.8, 4) is 11.8 Å². The Morgan fingerprint density at radius 1 is 1.08 bits per heavy atom. The van der Waals surface area contributed by atoms with Crippen LogP contribution in [0.15, 0.2) is 48.5 Å². The summed E-state index contributed by atoms with van der Waals surface area (Å²) < 4.78 is 5.44. The molecule has 208 valence electrons. The van der Waals surface area contributed by atoms with Gasteiger partial charge in [0.05, 0.1) is 6.10 Å². The molecule has 0 radical (unpaired) electrons. The van der Waals surface area contributed by atoms with Gasteiger partial charge in [0.2, 0.25) is 0 Å². The van der Waals surface area contributed by atoms with E-state index in [2.05, 4.69) is 22.6 Å². The molecule has 0 aliphatic carbocycles. The van der Waals surface area contributed by atoms with Crippen LogP contribution in [-0.4, -0.2) is 72.0 Å². The van der Waals surface area contributed by atoms with Crippen molar-refractivity contribution in [2.75, 3.05) is 27.3 Å². The first-order chi connectivity index (χ1) is 18.7. The van der Waals surface area contributed by atoms with Crippen molar-refractivity contribution in [1.29, 1.82) is 0 Å². The van der Waals surface area contributed by atoms with Crippen LogP contribution in [-0.2, 0) is 19.2 Å². The first kappa shape index (κ1) is 29.8. The predicted octanol–water partition coefficient (Wildman–Crippen LogP) is 1.65. The minimum absolute atomic E-state index is 0.0977. The molecular formula is C29H35N3O7. The van der Waals surface area contributed by atoms with Crippen LogP contribution in [0.2, 0.25) is 0 Å². The summed E-state index contributed by atoms with van der Waals surface area (Å²) in [6.07, 6.45) is 1.35. The summed E-state index contributed by atoms with van der Waals surface area (Å²) in [6.45, 7) is 1.77. The third kappa shape index (κ3) is 7.43. The molecule has 39 heavy (non-hydrogen) atoms. The SMILES string of the molecule is CNC(=O)[C@@](C)(C(=O)NOC1CCCCO1)N(C)C(=O)c1ccc(C#Cc2ccc([C@H](O)CCO)cc2)cc1. The van der Waals surface area contributed by atoms with Crippen molar-refractivity contribution in [1.82, 2.24) is 15.7 Å². The number of hydrogen-bond acceptors (Lipinski definition) is 7. The van der Waals surface area contributed by atoms with Crippen molar-refractivity contribution in [2.45, 2.75) is 50.5 Å². The lowest BCUT2D eigenvalue weighted by Crippen LogP contribution is -2.65. The van der Waals surface area contributed by atoms with Crippen molar-refractivity contribution < 1.29 is 34.2 Å². The number of nitrogens with zero attached hydrogens (tertiary/aromatic N) is 1. The number of carbonyl (C=O) groups excluding carboxylic acids is 3. The summed E-state index contributed by atoms with van der Waals surface area (Å²) in [5, 5.41) is 21.4. The van der Waals surface area contributed by atoms with Gasteiger partial charge in [-0.15, -0.1) is 0 Å². The summed E-state index contributed by atoms with van der Waals surface area (Å²) in [5.74, 6) is 4.03. The molecule has 3 rings (SSSR count). The zero-order chi connectivity index (χ0) is 28.4. The van der Waals surface area contributed by atoms with Gasteiger partial charge in [0, 0.05) is 56.8 Å². The van der Waals surface area contributed by atoms with E-state index in [-0.39, 0.29) is 18.6 Å². The number of aliphatic hydroxyl groups is 2. The largest absolute Gasteiger partial charge is 0.396 e. The van der Waals surface area contributed by atoms with Crippen molar-refractivity contribution in [3.05, 3.63) is 70.8 Å². The number of amides is 3. The molecule has 1 saturated heterocycles. The second-order valence-corrected chi connectivity index (χ2v) is 9.34. The Bertz CT molecular complexity index is 1200. The number of nitrogens with one attached hydrogen (secondary N) is 2. The maximum atomic E-state index is 13.3. The molecule has 10 heteroatoms. The second kappa shape index (κ2) is 13.9. The van der Waals surface area contributed by atoms with Crippen molar-refractivity contribution in [2.24, 2.45) is 0 Å². The molecule has 2 aromatic rings. The summed E-state index contributed by atoms with van der Waals surface area (Å²) in [5.41, 5.74) is 2.77. The van der Waals surface area contributed by atoms with Gasteiger partial charge in [-0.2, -0.15) is 0 Å². The van der Waals surface area contributed by atoms with E-state index in [1.165, 1.54) is 21.0 Å². The lowest BCUT2D eigenvalue weighted by atomic mass is 9.96. The smallest absolute Gasteiger partial charge is 0.279 e. The highest BCUT2D eigenvalue weighted by Gasteiger charge is 2.47. The van der Waals surface area contributed by atoms with E-state index >= 15 is 0 Å². The highest BCUT2D eigenvalue weighted by atomic mass is 16.8. The first-order valence-electron chi connectivity index (χ1n) is 12.8. The quantitative estimate of drug-likeness (QED) is 0.217. The summed E-state index contributed by atoms with van der Waals surface area (Å²) >= 11 is 0. The van der Waals surface area contributed by atoms with E-state index in [0.29, 0.717) is 24.2 Å². The van der Waals surface area contributed by atoms with Crippen LogP contribution in [0.5, 0.6) is 0 Å². The maximum Gasteiger partial charge on any atom is 0.279 e. The maximum absolute atomic E-state index is 13.3. The average molecular weight is 538 g/mol. The van der Waals surface area contributed by atoms with Crippen LogP contribution < -0.4 is 10.8 Å². The number of carbonyl (C=O) groups is 3. The second-order valence-electron chi connectivity index (χ2n) is 9.34. The molecule has 1 unspecified atom stereocenters. The molecule has 1 aliphatic rings. The minimum atomic E-state index is -1.89. The lowest BCUT2D eigenvalue weighted by Gasteiger charge is -2.36. The third-order valence-corrected chi connectivity index (χ3v) is 6.69. The van der Waals surface area contributed by atoms with E-state index in [4.69, 9.17) is 14.7 Å². The van der Waals surface area contributed by atoms with Gasteiger partial charge in [-0.1, -0.05) is 24.0 Å². The number of ether oxygens (including phenoxy) is 1. The van der Waals surface area contributed by atoms with Gasteiger partial charge in [-0.3, -0.25) is 14.4 Å². The average Bonchev–Trinajstić information content (AvgIpc) is 2.98. The van der Waals surface area contributed by atoms with Crippen molar-refractivity contribution >= 4 is 17.7 Å². The highest BCUT2D eigenvalue weighted by Crippen LogP contribution is 2.20. The molecule has 1 fully saturated rings. The molecule has 3 amide bonds. The summed E-state index contributed by atoms with van der Waals surface area (Å²) in [7, 11) is 2.76. The molecular weight excluding hydrogens is 502 g/mol. The van der Waals surface area contributed by atoms with Gasteiger partial charge < -0.3 is 25.2 Å². The van der Waals surface area contributed by atoms with Crippen LogP contribution in [0.1, 0.15) is 65.8 Å². The van der Waals surface area contributed by atoms with Gasteiger partial charge in [0.15, 0.2) is 11.8 Å². The monoisotopic (exact) mass is 537 g/mol. The summed E-state index contributed by atoms with van der Waals surface area (Å²) in [6, 6.07) is 13.6. The zero-order valence-electron chi connectivity index (χ0n) is 22.4. The molecule has 1 aliphatic heterocycles. The van der Waals surface area contributed by atoms with E-state index in [1.54, 1.807) is 48.5 Å². The van der Waals surface area contributed by atoms with Gasteiger partial charge in [0.25, 0.3) is 17.7 Å². The number of hydrogen-bond donors (Lipinski definition) is 4. The predicted molar refractivity (Wildman–Crippen MR) is 143 cm³/mol.